The number of guanidine groups is 1. The van der Waals surface area contributed by atoms with Crippen molar-refractivity contribution in [1.29, 1.82) is 0 Å². The van der Waals surface area contributed by atoms with Gasteiger partial charge in [0, 0.05) is 49.5 Å². The molecule has 0 aliphatic carbocycles. The standard InChI is InChI=1S/C19H25ClFN5O2S.HI/c1-19(2,16-7-6-14(21)11-17(16)20)13-25-18(22-3)24-9-10-26-29(27,28)15-5-4-8-23-12-15;/h4-8,11-12,26H,9-10,13H2,1-3H3,(H2,22,24,25);1H. The lowest BCUT2D eigenvalue weighted by molar-refractivity contribution is 0.507. The van der Waals surface area contributed by atoms with Crippen molar-refractivity contribution in [3.05, 3.63) is 59.1 Å². The summed E-state index contributed by atoms with van der Waals surface area (Å²) in [7, 11) is -1.98. The summed E-state index contributed by atoms with van der Waals surface area (Å²) in [6.07, 6.45) is 2.80. The number of hydrogen-bond acceptors (Lipinski definition) is 4. The summed E-state index contributed by atoms with van der Waals surface area (Å²) >= 11 is 6.18. The summed E-state index contributed by atoms with van der Waals surface area (Å²) in [5.74, 6) is 0.130. The van der Waals surface area contributed by atoms with E-state index in [-0.39, 0.29) is 46.6 Å². The van der Waals surface area contributed by atoms with Gasteiger partial charge < -0.3 is 10.6 Å². The van der Waals surface area contributed by atoms with Crippen LogP contribution in [0.4, 0.5) is 4.39 Å². The molecule has 0 saturated carbocycles. The molecule has 0 radical (unpaired) electrons. The van der Waals surface area contributed by atoms with Crippen LogP contribution < -0.4 is 15.4 Å². The molecule has 0 amide bonds. The second kappa shape index (κ2) is 11.8. The van der Waals surface area contributed by atoms with E-state index in [1.54, 1.807) is 19.2 Å². The SMILES string of the molecule is CN=C(NCCNS(=O)(=O)c1cccnc1)NCC(C)(C)c1ccc(F)cc1Cl.I. The molecular weight excluding hydrogens is 544 g/mol. The highest BCUT2D eigenvalue weighted by molar-refractivity contribution is 14.0. The number of nitrogens with one attached hydrogen (secondary N) is 3. The average molecular weight is 570 g/mol. The van der Waals surface area contributed by atoms with E-state index in [0.29, 0.717) is 24.1 Å². The Kier molecular flexibility index (Phi) is 10.4. The van der Waals surface area contributed by atoms with Crippen molar-refractivity contribution in [2.45, 2.75) is 24.2 Å². The second-order valence-electron chi connectivity index (χ2n) is 6.95. The van der Waals surface area contributed by atoms with E-state index < -0.39 is 10.0 Å². The minimum absolute atomic E-state index is 0. The van der Waals surface area contributed by atoms with Crippen LogP contribution in [0.3, 0.4) is 0 Å². The zero-order valence-electron chi connectivity index (χ0n) is 16.9. The quantitative estimate of drug-likeness (QED) is 0.197. The zero-order valence-corrected chi connectivity index (χ0v) is 20.8. The Labute approximate surface area is 199 Å². The third-order valence-corrected chi connectivity index (χ3v) is 5.99. The fourth-order valence-corrected chi connectivity index (χ4v) is 4.03. The number of hydrogen-bond donors (Lipinski definition) is 3. The van der Waals surface area contributed by atoms with Crippen LogP contribution in [0.5, 0.6) is 0 Å². The number of nitrogens with zero attached hydrogens (tertiary/aromatic N) is 2. The molecule has 7 nitrogen and oxygen atoms in total. The number of halogens is 3. The lowest BCUT2D eigenvalue weighted by atomic mass is 9.84. The molecule has 0 saturated heterocycles. The van der Waals surface area contributed by atoms with Crippen LogP contribution in [0.25, 0.3) is 0 Å². The number of rotatable bonds is 8. The van der Waals surface area contributed by atoms with Gasteiger partial charge in [-0.15, -0.1) is 24.0 Å². The lowest BCUT2D eigenvalue weighted by Crippen LogP contribution is -2.45. The van der Waals surface area contributed by atoms with Gasteiger partial charge >= 0.3 is 0 Å². The van der Waals surface area contributed by atoms with E-state index in [2.05, 4.69) is 25.3 Å². The maximum atomic E-state index is 13.3. The Morgan fingerprint density at radius 1 is 1.23 bits per heavy atom. The number of pyridine rings is 1. The molecule has 0 unspecified atom stereocenters. The highest BCUT2D eigenvalue weighted by atomic mass is 127. The fraction of sp³-hybridized carbons (Fsp3) is 0.368. The minimum atomic E-state index is -3.60. The van der Waals surface area contributed by atoms with Crippen LogP contribution in [0.2, 0.25) is 5.02 Å². The number of aromatic nitrogens is 1. The van der Waals surface area contributed by atoms with Gasteiger partial charge in [-0.25, -0.2) is 17.5 Å². The first-order valence-corrected chi connectivity index (χ1v) is 10.8. The van der Waals surface area contributed by atoms with E-state index in [4.69, 9.17) is 11.6 Å². The normalized spacial score (nSPS) is 12.2. The van der Waals surface area contributed by atoms with E-state index >= 15 is 0 Å². The highest BCUT2D eigenvalue weighted by Gasteiger charge is 2.24. The second-order valence-corrected chi connectivity index (χ2v) is 9.12. The Morgan fingerprint density at radius 2 is 1.97 bits per heavy atom. The van der Waals surface area contributed by atoms with Crippen molar-refractivity contribution in [2.24, 2.45) is 4.99 Å². The molecule has 1 aromatic heterocycles. The summed E-state index contributed by atoms with van der Waals surface area (Å²) in [6, 6.07) is 7.38. The van der Waals surface area contributed by atoms with Gasteiger partial charge in [0.05, 0.1) is 0 Å². The Balaban J connectivity index is 0.00000450. The first-order chi connectivity index (χ1) is 13.7. The third-order valence-electron chi connectivity index (χ3n) is 4.24. The Morgan fingerprint density at radius 3 is 2.57 bits per heavy atom. The molecule has 0 aliphatic heterocycles. The molecule has 30 heavy (non-hydrogen) atoms. The molecule has 1 aromatic carbocycles. The maximum absolute atomic E-state index is 13.3. The maximum Gasteiger partial charge on any atom is 0.242 e. The van der Waals surface area contributed by atoms with Crippen LogP contribution in [0, 0.1) is 5.82 Å². The molecule has 2 aromatic rings. The van der Waals surface area contributed by atoms with E-state index in [1.165, 1.54) is 30.6 Å². The van der Waals surface area contributed by atoms with Gasteiger partial charge in [-0.05, 0) is 29.8 Å². The molecule has 3 N–H and O–H groups in total. The smallest absolute Gasteiger partial charge is 0.242 e. The Bertz CT molecular complexity index is 959. The van der Waals surface area contributed by atoms with Gasteiger partial charge in [-0.3, -0.25) is 9.98 Å². The predicted molar refractivity (Wildman–Crippen MR) is 129 cm³/mol. The molecule has 0 fully saturated rings. The van der Waals surface area contributed by atoms with Crippen molar-refractivity contribution in [2.75, 3.05) is 26.7 Å². The molecule has 166 valence electrons. The van der Waals surface area contributed by atoms with Gasteiger partial charge in [-0.1, -0.05) is 31.5 Å². The van der Waals surface area contributed by atoms with Crippen molar-refractivity contribution in [1.82, 2.24) is 20.3 Å². The van der Waals surface area contributed by atoms with Crippen LogP contribution in [0.15, 0.2) is 52.6 Å². The van der Waals surface area contributed by atoms with Gasteiger partial charge in [0.25, 0.3) is 0 Å². The Hall–Kier alpha value is -1.50. The summed E-state index contributed by atoms with van der Waals surface area (Å²) in [5.41, 5.74) is 0.428. The first-order valence-electron chi connectivity index (χ1n) is 8.95. The van der Waals surface area contributed by atoms with E-state index in [0.717, 1.165) is 5.56 Å². The molecular formula is C19H26ClFIN5O2S. The minimum Gasteiger partial charge on any atom is -0.356 e. The lowest BCUT2D eigenvalue weighted by Gasteiger charge is -2.27. The monoisotopic (exact) mass is 569 g/mol. The summed E-state index contributed by atoms with van der Waals surface area (Å²) < 4.78 is 40.1. The molecule has 1 heterocycles. The summed E-state index contributed by atoms with van der Waals surface area (Å²) in [6.45, 7) is 4.95. The van der Waals surface area contributed by atoms with Gasteiger partial charge in [0.2, 0.25) is 10.0 Å². The van der Waals surface area contributed by atoms with E-state index in [9.17, 15) is 12.8 Å². The molecule has 2 rings (SSSR count). The third kappa shape index (κ3) is 7.64. The van der Waals surface area contributed by atoms with Crippen molar-refractivity contribution in [3.8, 4) is 0 Å². The van der Waals surface area contributed by atoms with Gasteiger partial charge in [0.15, 0.2) is 5.96 Å². The van der Waals surface area contributed by atoms with Gasteiger partial charge in [-0.2, -0.15) is 0 Å². The first kappa shape index (κ1) is 26.5. The van der Waals surface area contributed by atoms with Gasteiger partial charge in [0.1, 0.15) is 10.7 Å². The number of aliphatic imine (C=N–C) groups is 1. The van der Waals surface area contributed by atoms with Crippen LogP contribution in [0.1, 0.15) is 19.4 Å². The molecule has 0 bridgehead atoms. The molecule has 11 heteroatoms. The summed E-state index contributed by atoms with van der Waals surface area (Å²) in [5, 5.41) is 6.59. The van der Waals surface area contributed by atoms with Crippen LogP contribution >= 0.6 is 35.6 Å². The topological polar surface area (TPSA) is 95.5 Å². The highest BCUT2D eigenvalue weighted by Crippen LogP contribution is 2.29. The zero-order chi connectivity index (χ0) is 21.5. The van der Waals surface area contributed by atoms with E-state index in [1.807, 2.05) is 13.8 Å². The molecule has 0 spiro atoms. The number of sulfonamides is 1. The fourth-order valence-electron chi connectivity index (χ4n) is 2.61. The molecule has 0 atom stereocenters. The largest absolute Gasteiger partial charge is 0.356 e. The van der Waals surface area contributed by atoms with Crippen molar-refractivity contribution in [3.63, 3.8) is 0 Å². The van der Waals surface area contributed by atoms with Crippen LogP contribution in [-0.4, -0.2) is 46.0 Å². The average Bonchev–Trinajstić information content (AvgIpc) is 2.67. The van der Waals surface area contributed by atoms with Crippen molar-refractivity contribution < 1.29 is 12.8 Å². The van der Waals surface area contributed by atoms with Crippen LogP contribution in [-0.2, 0) is 15.4 Å². The predicted octanol–water partition coefficient (Wildman–Crippen LogP) is 2.91. The molecule has 0 aliphatic rings. The summed E-state index contributed by atoms with van der Waals surface area (Å²) in [4.78, 5) is 8.05. The number of benzene rings is 1. The van der Waals surface area contributed by atoms with Crippen molar-refractivity contribution >= 4 is 51.6 Å².